The van der Waals surface area contributed by atoms with Gasteiger partial charge in [-0.15, -0.1) is 0 Å². The number of carbonyl (C=O) groups is 1. The Hall–Kier alpha value is -3.49. The second-order valence-electron chi connectivity index (χ2n) is 6.91. The molecule has 2 aromatic rings. The summed E-state index contributed by atoms with van der Waals surface area (Å²) >= 11 is 0. The van der Waals surface area contributed by atoms with Crippen molar-refractivity contribution in [3.05, 3.63) is 76.6 Å². The molecule has 8 heteroatoms. The molecule has 2 aliphatic heterocycles. The van der Waals surface area contributed by atoms with Gasteiger partial charge < -0.3 is 28.9 Å². The maximum atomic E-state index is 12.9. The fraction of sp³-hybridized carbons (Fsp3) is 0.261. The number of cyclic esters (lactones) is 1. The van der Waals surface area contributed by atoms with E-state index in [9.17, 15) is 9.90 Å². The highest BCUT2D eigenvalue weighted by Gasteiger charge is 2.50. The lowest BCUT2D eigenvalue weighted by atomic mass is 9.89. The summed E-state index contributed by atoms with van der Waals surface area (Å²) in [5.74, 6) is -0.748. The van der Waals surface area contributed by atoms with E-state index in [0.717, 1.165) is 0 Å². The van der Waals surface area contributed by atoms with E-state index in [0.29, 0.717) is 33.9 Å². The lowest BCUT2D eigenvalue weighted by molar-refractivity contribution is -0.231. The summed E-state index contributed by atoms with van der Waals surface area (Å²) < 4.78 is 21.5. The van der Waals surface area contributed by atoms with Gasteiger partial charge in [-0.25, -0.2) is 4.79 Å². The van der Waals surface area contributed by atoms with E-state index in [-0.39, 0.29) is 24.4 Å². The summed E-state index contributed by atoms with van der Waals surface area (Å²) in [4.78, 5) is 22.9. The zero-order valence-corrected chi connectivity index (χ0v) is 17.3. The maximum Gasteiger partial charge on any atom is 0.345 e. The van der Waals surface area contributed by atoms with Crippen molar-refractivity contribution >= 4 is 5.97 Å². The lowest BCUT2D eigenvalue weighted by Crippen LogP contribution is -2.29. The van der Waals surface area contributed by atoms with Gasteiger partial charge in [-0.05, 0) is 48.5 Å². The molecule has 2 heterocycles. The first-order valence-electron chi connectivity index (χ1n) is 9.55. The average molecular weight is 426 g/mol. The Morgan fingerprint density at radius 1 is 1.00 bits per heavy atom. The van der Waals surface area contributed by atoms with E-state index in [4.69, 9.17) is 28.7 Å². The molecular formula is C23H22O8. The molecule has 0 saturated heterocycles. The van der Waals surface area contributed by atoms with Gasteiger partial charge >= 0.3 is 5.97 Å². The fourth-order valence-corrected chi connectivity index (χ4v) is 3.64. The molecule has 0 amide bonds. The maximum absolute atomic E-state index is 12.9. The summed E-state index contributed by atoms with van der Waals surface area (Å²) in [7, 11) is 4.64. The third-order valence-corrected chi connectivity index (χ3v) is 5.22. The second kappa shape index (κ2) is 8.33. The van der Waals surface area contributed by atoms with Gasteiger partial charge in [0.2, 0.25) is 0 Å². The largest absolute Gasteiger partial charge is 0.497 e. The molecule has 0 spiro atoms. The number of carbonyl (C=O) groups excluding carboxylic acids is 1. The number of benzene rings is 2. The first-order chi connectivity index (χ1) is 15.0. The van der Waals surface area contributed by atoms with Crippen LogP contribution in [0.4, 0.5) is 0 Å². The van der Waals surface area contributed by atoms with Crippen LogP contribution in [0.1, 0.15) is 11.1 Å². The Morgan fingerprint density at radius 2 is 1.71 bits per heavy atom. The van der Waals surface area contributed by atoms with Crippen molar-refractivity contribution in [2.45, 2.75) is 12.2 Å². The van der Waals surface area contributed by atoms with Gasteiger partial charge in [0.1, 0.15) is 29.4 Å². The van der Waals surface area contributed by atoms with E-state index in [1.165, 1.54) is 0 Å². The van der Waals surface area contributed by atoms with Crippen molar-refractivity contribution < 1.29 is 38.6 Å². The van der Waals surface area contributed by atoms with E-state index in [1.807, 2.05) is 0 Å². The monoisotopic (exact) mass is 426 g/mol. The SMILES string of the molecule is COc1ccc(C2(O)OC(=O)C(C3=CCOO3)=C2Cc2cc(OC)ccc2OC)cc1. The summed E-state index contributed by atoms with van der Waals surface area (Å²) in [6, 6.07) is 11.9. The molecule has 8 nitrogen and oxygen atoms in total. The molecular weight excluding hydrogens is 404 g/mol. The quantitative estimate of drug-likeness (QED) is 0.534. The summed E-state index contributed by atoms with van der Waals surface area (Å²) in [5.41, 5.74) is 1.47. The normalized spacial score (nSPS) is 20.3. The van der Waals surface area contributed by atoms with Gasteiger partial charge in [-0.3, -0.25) is 0 Å². The van der Waals surface area contributed by atoms with Crippen LogP contribution in [0.3, 0.4) is 0 Å². The number of methoxy groups -OCH3 is 3. The average Bonchev–Trinajstić information content (AvgIpc) is 3.40. The summed E-state index contributed by atoms with van der Waals surface area (Å²) in [6.07, 6.45) is 1.74. The van der Waals surface area contributed by atoms with E-state index < -0.39 is 11.8 Å². The zero-order valence-electron chi connectivity index (χ0n) is 17.3. The lowest BCUT2D eigenvalue weighted by Gasteiger charge is -2.26. The summed E-state index contributed by atoms with van der Waals surface area (Å²) in [6.45, 7) is 0.183. The van der Waals surface area contributed by atoms with Crippen LogP contribution >= 0.6 is 0 Å². The molecule has 0 aliphatic carbocycles. The molecule has 0 aromatic heterocycles. The highest BCUT2D eigenvalue weighted by Crippen LogP contribution is 2.45. The molecule has 0 saturated carbocycles. The van der Waals surface area contributed by atoms with Crippen molar-refractivity contribution in [3.8, 4) is 17.2 Å². The number of esters is 1. The Bertz CT molecular complexity index is 1050. The number of aliphatic hydroxyl groups is 1. The van der Waals surface area contributed by atoms with Crippen LogP contribution in [0.15, 0.2) is 65.4 Å². The van der Waals surface area contributed by atoms with E-state index in [2.05, 4.69) is 0 Å². The molecule has 162 valence electrons. The smallest absolute Gasteiger partial charge is 0.345 e. The highest BCUT2D eigenvalue weighted by atomic mass is 17.2. The second-order valence-corrected chi connectivity index (χ2v) is 6.91. The minimum atomic E-state index is -2.01. The molecule has 0 radical (unpaired) electrons. The van der Waals surface area contributed by atoms with Crippen molar-refractivity contribution in [2.24, 2.45) is 0 Å². The van der Waals surface area contributed by atoms with Crippen LogP contribution in [0.25, 0.3) is 0 Å². The molecule has 0 bridgehead atoms. The van der Waals surface area contributed by atoms with Crippen LogP contribution < -0.4 is 14.2 Å². The molecule has 2 aliphatic rings. The minimum absolute atomic E-state index is 0.112. The molecule has 2 aromatic carbocycles. The van der Waals surface area contributed by atoms with Crippen LogP contribution in [0, 0.1) is 0 Å². The van der Waals surface area contributed by atoms with Crippen molar-refractivity contribution in [3.63, 3.8) is 0 Å². The van der Waals surface area contributed by atoms with Gasteiger partial charge in [-0.1, -0.05) is 0 Å². The first-order valence-corrected chi connectivity index (χ1v) is 9.55. The molecule has 1 unspecified atom stereocenters. The first kappa shape index (κ1) is 20.8. The number of ether oxygens (including phenoxy) is 4. The Morgan fingerprint density at radius 3 is 2.32 bits per heavy atom. The van der Waals surface area contributed by atoms with Crippen molar-refractivity contribution in [2.75, 3.05) is 27.9 Å². The summed E-state index contributed by atoms with van der Waals surface area (Å²) in [5, 5.41) is 11.6. The Labute approximate surface area is 179 Å². The topological polar surface area (TPSA) is 92.7 Å². The van der Waals surface area contributed by atoms with Gasteiger partial charge in [-0.2, -0.15) is 4.89 Å². The number of rotatable bonds is 7. The standard InChI is InChI=1S/C23H22O8/c1-26-16-6-4-15(5-7-16)23(25)18(21(22(24)30-23)20-10-11-29-31-20)13-14-12-17(27-2)8-9-19(14)28-3/h4-10,12,25H,11,13H2,1-3H3. The van der Waals surface area contributed by atoms with Gasteiger partial charge in [0.15, 0.2) is 5.76 Å². The molecule has 0 fully saturated rings. The van der Waals surface area contributed by atoms with Crippen LogP contribution in [-0.2, 0) is 31.5 Å². The Balaban J connectivity index is 1.86. The van der Waals surface area contributed by atoms with Gasteiger partial charge in [0, 0.05) is 23.1 Å². The third kappa shape index (κ3) is 3.71. The molecule has 1 N–H and O–H groups in total. The van der Waals surface area contributed by atoms with Gasteiger partial charge in [0.05, 0.1) is 21.3 Å². The van der Waals surface area contributed by atoms with E-state index >= 15 is 0 Å². The Kier molecular flexibility index (Phi) is 5.58. The van der Waals surface area contributed by atoms with Crippen LogP contribution in [0.2, 0.25) is 0 Å². The zero-order chi connectivity index (χ0) is 22.0. The predicted molar refractivity (Wildman–Crippen MR) is 108 cm³/mol. The van der Waals surface area contributed by atoms with Crippen LogP contribution in [-0.4, -0.2) is 39.0 Å². The van der Waals surface area contributed by atoms with Crippen molar-refractivity contribution in [1.82, 2.24) is 0 Å². The number of hydrogen-bond acceptors (Lipinski definition) is 8. The molecule has 31 heavy (non-hydrogen) atoms. The predicted octanol–water partition coefficient (Wildman–Crippen LogP) is 2.80. The van der Waals surface area contributed by atoms with Crippen LogP contribution in [0.5, 0.6) is 17.2 Å². The number of hydrogen-bond donors (Lipinski definition) is 1. The van der Waals surface area contributed by atoms with Crippen molar-refractivity contribution in [1.29, 1.82) is 0 Å². The van der Waals surface area contributed by atoms with Gasteiger partial charge in [0.25, 0.3) is 5.79 Å². The fourth-order valence-electron chi connectivity index (χ4n) is 3.64. The van der Waals surface area contributed by atoms with E-state index in [1.54, 1.807) is 69.9 Å². The molecule has 4 rings (SSSR count). The highest BCUT2D eigenvalue weighted by molar-refractivity contribution is 5.97. The molecule has 1 atom stereocenters. The third-order valence-electron chi connectivity index (χ3n) is 5.22. The minimum Gasteiger partial charge on any atom is -0.497 e.